The molecule has 2 aromatic carbocycles. The summed E-state index contributed by atoms with van der Waals surface area (Å²) in [5, 5.41) is 11.5. The van der Waals surface area contributed by atoms with Crippen molar-refractivity contribution in [1.29, 1.82) is 5.41 Å². The van der Waals surface area contributed by atoms with Gasteiger partial charge in [-0.1, -0.05) is 18.2 Å². The van der Waals surface area contributed by atoms with Crippen molar-refractivity contribution in [3.05, 3.63) is 76.2 Å². The van der Waals surface area contributed by atoms with Gasteiger partial charge in [-0.05, 0) is 74.5 Å². The Morgan fingerprint density at radius 2 is 1.94 bits per heavy atom. The van der Waals surface area contributed by atoms with E-state index in [2.05, 4.69) is 0 Å². The zero-order valence-corrected chi connectivity index (χ0v) is 22.4. The molecule has 1 unspecified atom stereocenters. The Balaban J connectivity index is 1.59. The van der Waals surface area contributed by atoms with Gasteiger partial charge in [0.25, 0.3) is 5.04 Å². The van der Waals surface area contributed by atoms with Gasteiger partial charge in [-0.3, -0.25) is 10.2 Å². The third kappa shape index (κ3) is 5.83. The second-order valence-corrected chi connectivity index (χ2v) is 12.4. The molecule has 4 aromatic rings. The van der Waals surface area contributed by atoms with Gasteiger partial charge in [-0.15, -0.1) is 11.3 Å². The molecule has 0 saturated carbocycles. The van der Waals surface area contributed by atoms with Crippen LogP contribution in [-0.4, -0.2) is 26.9 Å². The van der Waals surface area contributed by atoms with Crippen molar-refractivity contribution in [2.75, 3.05) is 6.61 Å². The highest BCUT2D eigenvalue weighted by Crippen LogP contribution is 2.35. The highest BCUT2D eigenvalue weighted by atomic mass is 32.2. The van der Waals surface area contributed by atoms with Crippen molar-refractivity contribution in [2.45, 2.75) is 45.5 Å². The van der Waals surface area contributed by atoms with Gasteiger partial charge in [0.15, 0.2) is 0 Å². The van der Waals surface area contributed by atoms with Crippen LogP contribution in [0.15, 0.2) is 64.6 Å². The highest BCUT2D eigenvalue weighted by molar-refractivity contribution is 8.08. The van der Waals surface area contributed by atoms with E-state index in [-0.39, 0.29) is 17.4 Å². The molecular weight excluding hydrogens is 494 g/mol. The van der Waals surface area contributed by atoms with E-state index in [0.717, 1.165) is 33.2 Å². The van der Waals surface area contributed by atoms with Crippen LogP contribution in [0.1, 0.15) is 43.7 Å². The molecule has 8 heteroatoms. The fourth-order valence-corrected chi connectivity index (χ4v) is 5.73. The Morgan fingerprint density at radius 1 is 1.17 bits per heavy atom. The topological polar surface area (TPSA) is 95.6 Å². The number of furan rings is 1. The number of fused-ring (bicyclic) bond motifs is 1. The van der Waals surface area contributed by atoms with E-state index in [1.165, 1.54) is 11.3 Å². The minimum absolute atomic E-state index is 0.132. The number of esters is 1. The van der Waals surface area contributed by atoms with E-state index in [1.54, 1.807) is 13.2 Å². The summed E-state index contributed by atoms with van der Waals surface area (Å²) < 4.78 is 29.2. The first-order chi connectivity index (χ1) is 17.2. The lowest BCUT2D eigenvalue weighted by molar-refractivity contribution is -0.142. The van der Waals surface area contributed by atoms with E-state index in [4.69, 9.17) is 19.3 Å². The molecule has 0 spiro atoms. The summed E-state index contributed by atoms with van der Waals surface area (Å²) in [6, 6.07) is 15.3. The number of thiophene rings is 1. The maximum atomic E-state index is 12.7. The molecule has 6 nitrogen and oxygen atoms in total. The summed E-state index contributed by atoms with van der Waals surface area (Å²) >= 11 is -0.0135. The standard InChI is InChI=1S/C28H29NO5S2/c1-5-32-25(30)15-19-8-6-7-9-23(19)34-16-18-12-20-10-11-33-26(20)22(13-18)21-14-24(35-17-21)27(29)36(31)28(2,3)4/h6-14,17,29H,5,15-16H2,1-4H3. The summed E-state index contributed by atoms with van der Waals surface area (Å²) in [5.41, 5.74) is 4.23. The monoisotopic (exact) mass is 523 g/mol. The fraction of sp³-hybridized carbons (Fsp3) is 0.286. The van der Waals surface area contributed by atoms with Gasteiger partial charge < -0.3 is 18.4 Å². The van der Waals surface area contributed by atoms with Crippen molar-refractivity contribution >= 4 is 44.5 Å². The van der Waals surface area contributed by atoms with E-state index in [9.17, 15) is 9.35 Å². The molecule has 0 aliphatic heterocycles. The van der Waals surface area contributed by atoms with Gasteiger partial charge in [0, 0.05) is 27.7 Å². The van der Waals surface area contributed by atoms with Crippen molar-refractivity contribution in [1.82, 2.24) is 0 Å². The smallest absolute Gasteiger partial charge is 0.310 e. The van der Waals surface area contributed by atoms with Gasteiger partial charge >= 0.3 is 5.97 Å². The predicted molar refractivity (Wildman–Crippen MR) is 145 cm³/mol. The molecule has 4 rings (SSSR count). The molecule has 0 amide bonds. The third-order valence-electron chi connectivity index (χ3n) is 5.49. The zero-order chi connectivity index (χ0) is 25.9. The van der Waals surface area contributed by atoms with Crippen molar-refractivity contribution in [3.63, 3.8) is 0 Å². The second-order valence-electron chi connectivity index (χ2n) is 9.27. The molecule has 1 N–H and O–H groups in total. The average Bonchev–Trinajstić information content (AvgIpc) is 3.51. The van der Waals surface area contributed by atoms with Crippen LogP contribution in [-0.2, 0) is 33.7 Å². The summed E-state index contributed by atoms with van der Waals surface area (Å²) in [5.74, 6) is 0.345. The normalized spacial score (nSPS) is 12.5. The van der Waals surface area contributed by atoms with E-state index >= 15 is 0 Å². The number of benzene rings is 2. The molecule has 0 radical (unpaired) electrons. The molecule has 1 atom stereocenters. The number of carbonyl (C=O) groups is 1. The summed E-state index contributed by atoms with van der Waals surface area (Å²) in [6.07, 6.45) is 1.80. The van der Waals surface area contributed by atoms with Crippen LogP contribution in [0.3, 0.4) is 0 Å². The van der Waals surface area contributed by atoms with Gasteiger partial charge in [-0.2, -0.15) is 0 Å². The molecule has 0 aliphatic carbocycles. The van der Waals surface area contributed by atoms with Crippen LogP contribution in [0.4, 0.5) is 0 Å². The summed E-state index contributed by atoms with van der Waals surface area (Å²) in [7, 11) is 0. The molecule has 2 aromatic heterocycles. The number of ether oxygens (including phenoxy) is 2. The lowest BCUT2D eigenvalue weighted by Gasteiger charge is -2.23. The van der Waals surface area contributed by atoms with Gasteiger partial charge in [0.05, 0.1) is 19.3 Å². The molecule has 188 valence electrons. The minimum atomic E-state index is -1.41. The Bertz CT molecular complexity index is 1380. The number of hydrogen-bond donors (Lipinski definition) is 1. The molecule has 36 heavy (non-hydrogen) atoms. The van der Waals surface area contributed by atoms with Gasteiger partial charge in [-0.25, -0.2) is 0 Å². The first-order valence-corrected chi connectivity index (χ1v) is 13.7. The van der Waals surface area contributed by atoms with Crippen LogP contribution in [0.5, 0.6) is 5.75 Å². The maximum Gasteiger partial charge on any atom is 0.310 e. The zero-order valence-electron chi connectivity index (χ0n) is 20.8. The molecule has 0 fully saturated rings. The predicted octanol–water partition coefficient (Wildman–Crippen LogP) is 6.72. The molecule has 0 bridgehead atoms. The first-order valence-electron chi connectivity index (χ1n) is 11.6. The number of para-hydroxylation sites is 1. The summed E-state index contributed by atoms with van der Waals surface area (Å²) in [6.45, 7) is 8.03. The Labute approximate surface area is 217 Å². The van der Waals surface area contributed by atoms with Gasteiger partial charge in [0.2, 0.25) is 0 Å². The lowest BCUT2D eigenvalue weighted by Crippen LogP contribution is -2.33. The van der Waals surface area contributed by atoms with Crippen LogP contribution < -0.4 is 4.74 Å². The average molecular weight is 524 g/mol. The number of rotatable bonds is 8. The second kappa shape index (κ2) is 10.9. The van der Waals surface area contributed by atoms with Crippen LogP contribution >= 0.6 is 11.3 Å². The van der Waals surface area contributed by atoms with Crippen LogP contribution in [0.25, 0.3) is 22.1 Å². The first kappa shape index (κ1) is 26.0. The highest BCUT2D eigenvalue weighted by Gasteiger charge is 2.32. The quantitative estimate of drug-likeness (QED) is 0.120. The van der Waals surface area contributed by atoms with Crippen LogP contribution in [0, 0.1) is 5.41 Å². The fourth-order valence-electron chi connectivity index (χ4n) is 3.76. The largest absolute Gasteiger partial charge is 0.610 e. The Morgan fingerprint density at radius 3 is 2.69 bits per heavy atom. The van der Waals surface area contributed by atoms with E-state index in [1.807, 2.05) is 74.7 Å². The minimum Gasteiger partial charge on any atom is -0.610 e. The maximum absolute atomic E-state index is 12.7. The Hall–Kier alpha value is -3.07. The molecule has 0 aliphatic rings. The van der Waals surface area contributed by atoms with Gasteiger partial charge in [0.1, 0.15) is 27.6 Å². The van der Waals surface area contributed by atoms with E-state index in [0.29, 0.717) is 23.8 Å². The molecule has 0 saturated heterocycles. The van der Waals surface area contributed by atoms with Crippen LogP contribution in [0.2, 0.25) is 0 Å². The van der Waals surface area contributed by atoms with Crippen molar-refractivity contribution < 1.29 is 23.2 Å². The van der Waals surface area contributed by atoms with Crippen molar-refractivity contribution in [3.8, 4) is 16.9 Å². The number of carbonyl (C=O) groups excluding carboxylic acids is 1. The third-order valence-corrected chi connectivity index (χ3v) is 8.27. The SMILES string of the molecule is CCOC(=O)Cc1ccccc1OCc1cc(-c2csc(C(=N)[S+]([O-])C(C)(C)C)c2)c2occc2c1. The van der Waals surface area contributed by atoms with Crippen molar-refractivity contribution in [2.24, 2.45) is 0 Å². The number of nitrogens with one attached hydrogen (secondary N) is 1. The lowest BCUT2D eigenvalue weighted by atomic mass is 10.0. The Kier molecular flexibility index (Phi) is 7.88. The summed E-state index contributed by atoms with van der Waals surface area (Å²) in [4.78, 5) is 12.7. The van der Waals surface area contributed by atoms with E-state index < -0.39 is 15.9 Å². The number of hydrogen-bond acceptors (Lipinski definition) is 7. The molecule has 2 heterocycles. The molecular formula is C28H29NO5S2.